The van der Waals surface area contributed by atoms with Crippen LogP contribution < -0.4 is 10.6 Å². The van der Waals surface area contributed by atoms with Gasteiger partial charge in [0.25, 0.3) is 5.91 Å². The summed E-state index contributed by atoms with van der Waals surface area (Å²) in [5, 5.41) is 61.7. The van der Waals surface area contributed by atoms with Crippen molar-refractivity contribution in [1.29, 1.82) is 0 Å². The number of carboxylic acid groups (broad SMARTS) is 2. The molecule has 0 radical (unpaired) electrons. The number of aromatic hydroxyl groups is 4. The third-order valence-corrected chi connectivity index (χ3v) is 5.80. The highest BCUT2D eigenvalue weighted by atomic mass is 19.4. The Morgan fingerprint density at radius 3 is 1.89 bits per heavy atom. The summed E-state index contributed by atoms with van der Waals surface area (Å²) < 4.78 is 37.1. The van der Waals surface area contributed by atoms with Gasteiger partial charge in [-0.3, -0.25) is 9.59 Å². The van der Waals surface area contributed by atoms with Crippen molar-refractivity contribution in [3.8, 4) is 23.0 Å². The first-order chi connectivity index (χ1) is 22.0. The van der Waals surface area contributed by atoms with E-state index in [9.17, 15) is 52.8 Å². The van der Waals surface area contributed by atoms with Crippen LogP contribution in [0.3, 0.4) is 0 Å². The number of amides is 1. The normalized spacial score (nSPS) is 12.1. The van der Waals surface area contributed by atoms with Crippen LogP contribution in [0.2, 0.25) is 0 Å². The zero-order valence-corrected chi connectivity index (χ0v) is 23.3. The SMILES string of the molecule is O=C(NC1=CNC=CC=C1OC(=O)c1cc(O)c(C(=O)c2ccc(O)c(C(=O)O)c2)c(O)c1)c1ccc(O)cc1.O=C(O)C(F)(F)F. The summed E-state index contributed by atoms with van der Waals surface area (Å²) in [7, 11) is 0. The molecule has 1 aliphatic heterocycles. The van der Waals surface area contributed by atoms with Crippen LogP contribution in [0, 0.1) is 0 Å². The van der Waals surface area contributed by atoms with Gasteiger partial charge in [-0.15, -0.1) is 0 Å². The largest absolute Gasteiger partial charge is 0.508 e. The van der Waals surface area contributed by atoms with Crippen molar-refractivity contribution in [2.45, 2.75) is 6.18 Å². The molecule has 244 valence electrons. The van der Waals surface area contributed by atoms with Gasteiger partial charge in [0, 0.05) is 23.5 Å². The molecule has 8 N–H and O–H groups in total. The van der Waals surface area contributed by atoms with Crippen LogP contribution in [-0.4, -0.2) is 66.4 Å². The average molecular weight is 658 g/mol. The lowest BCUT2D eigenvalue weighted by molar-refractivity contribution is -0.192. The molecule has 14 nitrogen and oxygen atoms in total. The number of hydrogen-bond donors (Lipinski definition) is 8. The molecule has 0 saturated heterocycles. The number of carbonyl (C=O) groups is 5. The van der Waals surface area contributed by atoms with Crippen LogP contribution in [0.1, 0.15) is 47.0 Å². The number of hydrogen-bond acceptors (Lipinski definition) is 11. The van der Waals surface area contributed by atoms with Crippen LogP contribution >= 0.6 is 0 Å². The molecule has 1 aliphatic rings. The molecule has 0 aliphatic carbocycles. The summed E-state index contributed by atoms with van der Waals surface area (Å²) in [5.74, 6) is -9.17. The monoisotopic (exact) mass is 658 g/mol. The second-order valence-electron chi connectivity index (χ2n) is 9.06. The lowest BCUT2D eigenvalue weighted by Crippen LogP contribution is -2.26. The number of carbonyl (C=O) groups excluding carboxylic acids is 3. The number of allylic oxidation sites excluding steroid dienone is 2. The first-order valence-corrected chi connectivity index (χ1v) is 12.6. The van der Waals surface area contributed by atoms with Gasteiger partial charge in [0.05, 0.1) is 5.56 Å². The van der Waals surface area contributed by atoms with Crippen molar-refractivity contribution in [3.05, 3.63) is 118 Å². The second-order valence-corrected chi connectivity index (χ2v) is 9.06. The Labute approximate surface area is 260 Å². The number of nitrogens with one attached hydrogen (secondary N) is 2. The fraction of sp³-hybridized carbons (Fsp3) is 0.0333. The maximum absolute atomic E-state index is 12.9. The number of benzene rings is 3. The van der Waals surface area contributed by atoms with Crippen LogP contribution in [0.25, 0.3) is 0 Å². The van der Waals surface area contributed by atoms with Gasteiger partial charge in [-0.2, -0.15) is 13.2 Å². The number of carboxylic acids is 2. The molecule has 4 rings (SSSR count). The molecule has 0 atom stereocenters. The number of ether oxygens (including phenoxy) is 1. The minimum Gasteiger partial charge on any atom is -0.508 e. The highest BCUT2D eigenvalue weighted by Gasteiger charge is 2.38. The Hall–Kier alpha value is -6.78. The lowest BCUT2D eigenvalue weighted by atomic mass is 9.98. The standard InChI is InChI=1S/C28H20N2O10.C2HF3O2/c31-17-6-3-14(4-7-17)26(36)30-19-13-29-9-1-2-23(19)40-28(39)16-11-21(33)24(22(34)12-16)25(35)15-5-8-20(32)18(10-15)27(37)38;3-2(4,5)1(6)7/h1-13,29,31-34H,(H,30,36)(H,37,38);(H,6,7). The van der Waals surface area contributed by atoms with Gasteiger partial charge in [0.2, 0.25) is 5.78 Å². The third-order valence-electron chi connectivity index (χ3n) is 5.80. The van der Waals surface area contributed by atoms with Crippen molar-refractivity contribution >= 4 is 29.6 Å². The van der Waals surface area contributed by atoms with Gasteiger partial charge in [0.1, 0.15) is 39.8 Å². The van der Waals surface area contributed by atoms with Crippen LogP contribution in [0.4, 0.5) is 13.2 Å². The highest BCUT2D eigenvalue weighted by Crippen LogP contribution is 2.33. The first-order valence-electron chi connectivity index (χ1n) is 12.6. The molecule has 1 amide bonds. The Kier molecular flexibility index (Phi) is 10.6. The first kappa shape index (κ1) is 34.7. The topological polar surface area (TPSA) is 240 Å². The predicted octanol–water partition coefficient (Wildman–Crippen LogP) is 3.50. The highest BCUT2D eigenvalue weighted by molar-refractivity contribution is 6.14. The van der Waals surface area contributed by atoms with E-state index in [1.54, 1.807) is 0 Å². The van der Waals surface area contributed by atoms with Gasteiger partial charge < -0.3 is 46.0 Å². The van der Waals surface area contributed by atoms with Gasteiger partial charge in [-0.25, -0.2) is 14.4 Å². The van der Waals surface area contributed by atoms with Crippen LogP contribution in [0.5, 0.6) is 23.0 Å². The Morgan fingerprint density at radius 2 is 1.34 bits per heavy atom. The Morgan fingerprint density at radius 1 is 0.766 bits per heavy atom. The maximum Gasteiger partial charge on any atom is 0.490 e. The predicted molar refractivity (Wildman–Crippen MR) is 151 cm³/mol. The molecule has 1 heterocycles. The molecule has 0 fully saturated rings. The number of aromatic carboxylic acids is 1. The lowest BCUT2D eigenvalue weighted by Gasteiger charge is -2.14. The van der Waals surface area contributed by atoms with Crippen molar-refractivity contribution in [1.82, 2.24) is 10.6 Å². The van der Waals surface area contributed by atoms with E-state index in [-0.39, 0.29) is 33.9 Å². The number of aliphatic carboxylic acids is 1. The van der Waals surface area contributed by atoms with Crippen molar-refractivity contribution < 1.29 is 72.5 Å². The van der Waals surface area contributed by atoms with E-state index in [0.717, 1.165) is 30.3 Å². The van der Waals surface area contributed by atoms with Crippen LogP contribution in [-0.2, 0) is 9.53 Å². The Balaban J connectivity index is 0.000000771. The van der Waals surface area contributed by atoms with E-state index >= 15 is 0 Å². The summed E-state index contributed by atoms with van der Waals surface area (Å²) >= 11 is 0. The summed E-state index contributed by atoms with van der Waals surface area (Å²) in [4.78, 5) is 58.6. The molecular weight excluding hydrogens is 637 g/mol. The molecule has 0 unspecified atom stereocenters. The van der Waals surface area contributed by atoms with Crippen molar-refractivity contribution in [2.24, 2.45) is 0 Å². The second kappa shape index (κ2) is 14.3. The molecule has 3 aromatic carbocycles. The average Bonchev–Trinajstić information content (AvgIpc) is 3.21. The van der Waals surface area contributed by atoms with Crippen molar-refractivity contribution in [2.75, 3.05) is 0 Å². The number of esters is 1. The summed E-state index contributed by atoms with van der Waals surface area (Å²) in [6.45, 7) is 0. The van der Waals surface area contributed by atoms with Gasteiger partial charge in [0.15, 0.2) is 5.76 Å². The molecule has 47 heavy (non-hydrogen) atoms. The number of rotatable bonds is 7. The number of alkyl halides is 3. The summed E-state index contributed by atoms with van der Waals surface area (Å²) in [6.07, 6.45) is 0.604. The minimum atomic E-state index is -5.08. The number of ketones is 1. The number of halogens is 3. The zero-order chi connectivity index (χ0) is 35.1. The molecule has 0 saturated carbocycles. The van der Waals surface area contributed by atoms with Crippen LogP contribution in [0.15, 0.2) is 90.6 Å². The summed E-state index contributed by atoms with van der Waals surface area (Å²) in [5.41, 5.74) is -1.51. The van der Waals surface area contributed by atoms with Gasteiger partial charge >= 0.3 is 24.1 Å². The molecule has 0 bridgehead atoms. The van der Waals surface area contributed by atoms with E-state index in [1.165, 1.54) is 48.8 Å². The number of phenolic OH excluding ortho intramolecular Hbond substituents is 3. The van der Waals surface area contributed by atoms with Crippen molar-refractivity contribution in [3.63, 3.8) is 0 Å². The molecule has 3 aromatic rings. The van der Waals surface area contributed by atoms with E-state index in [0.29, 0.717) is 0 Å². The smallest absolute Gasteiger partial charge is 0.490 e. The molecule has 17 heteroatoms. The molecular formula is C30H21F3N2O12. The van der Waals surface area contributed by atoms with Gasteiger partial charge in [-0.1, -0.05) is 0 Å². The van der Waals surface area contributed by atoms with Gasteiger partial charge in [-0.05, 0) is 66.7 Å². The molecule has 0 aromatic heterocycles. The summed E-state index contributed by atoms with van der Waals surface area (Å²) in [6, 6.07) is 10.1. The Bertz CT molecular complexity index is 1820. The van der Waals surface area contributed by atoms with E-state index < -0.39 is 64.2 Å². The molecule has 0 spiro atoms. The minimum absolute atomic E-state index is 0.0297. The zero-order valence-electron chi connectivity index (χ0n) is 23.3. The number of phenols is 4. The van der Waals surface area contributed by atoms with E-state index in [2.05, 4.69) is 10.6 Å². The maximum atomic E-state index is 12.9. The quantitative estimate of drug-likeness (QED) is 0.134. The fourth-order valence-corrected chi connectivity index (χ4v) is 3.59. The van der Waals surface area contributed by atoms with E-state index in [1.807, 2.05) is 0 Å². The van der Waals surface area contributed by atoms with E-state index in [4.69, 9.17) is 19.7 Å². The third kappa shape index (κ3) is 8.88. The fourth-order valence-electron chi connectivity index (χ4n) is 3.59.